The largest absolute Gasteiger partial charge is 0.357 e. The van der Waals surface area contributed by atoms with Crippen molar-refractivity contribution in [1.82, 2.24) is 20.5 Å². The van der Waals surface area contributed by atoms with Crippen LogP contribution in [0.15, 0.2) is 11.1 Å². The number of aliphatic imine (C=N–C) groups is 1. The molecule has 1 fully saturated rings. The highest BCUT2D eigenvalue weighted by Crippen LogP contribution is 2.25. The highest BCUT2D eigenvalue weighted by atomic mass is 127. The molecule has 1 aromatic rings. The summed E-state index contributed by atoms with van der Waals surface area (Å²) in [5, 5.41) is 10.5. The molecule has 0 spiro atoms. The first-order valence-corrected chi connectivity index (χ1v) is 10.1. The second-order valence-corrected chi connectivity index (χ2v) is 7.35. The summed E-state index contributed by atoms with van der Waals surface area (Å²) >= 11 is 12.1. The molecule has 1 saturated carbocycles. The minimum Gasteiger partial charge on any atom is -0.357 e. The maximum absolute atomic E-state index is 12.1. The Balaban J connectivity index is 0.00000364. The van der Waals surface area contributed by atoms with Gasteiger partial charge in [-0.05, 0) is 25.8 Å². The molecule has 0 unspecified atom stereocenters. The monoisotopic (exact) mass is 529 g/mol. The van der Waals surface area contributed by atoms with Crippen molar-refractivity contribution in [3.05, 3.63) is 21.9 Å². The topological polar surface area (TPSA) is 70.5 Å². The number of guanidine groups is 1. The number of hydrogen-bond donors (Lipinski definition) is 3. The molecule has 1 aromatic heterocycles. The van der Waals surface area contributed by atoms with Crippen molar-refractivity contribution in [1.29, 1.82) is 0 Å². The fourth-order valence-corrected chi connectivity index (χ4v) is 3.53. The van der Waals surface area contributed by atoms with E-state index in [0.717, 1.165) is 25.1 Å². The molecular weight excluding hydrogens is 500 g/mol. The van der Waals surface area contributed by atoms with Gasteiger partial charge in [0.2, 0.25) is 5.91 Å². The summed E-state index contributed by atoms with van der Waals surface area (Å²) in [6.45, 7) is 4.44. The summed E-state index contributed by atoms with van der Waals surface area (Å²) in [6.07, 6.45) is 5.63. The van der Waals surface area contributed by atoms with E-state index in [1.54, 1.807) is 0 Å². The molecule has 1 heterocycles. The molecule has 1 aliphatic rings. The van der Waals surface area contributed by atoms with E-state index < -0.39 is 0 Å². The van der Waals surface area contributed by atoms with Gasteiger partial charge in [0.1, 0.15) is 5.15 Å². The molecule has 6 nitrogen and oxygen atoms in total. The van der Waals surface area contributed by atoms with E-state index in [1.807, 2.05) is 24.6 Å². The molecule has 3 N–H and O–H groups in total. The van der Waals surface area contributed by atoms with Gasteiger partial charge in [0.15, 0.2) is 5.96 Å². The summed E-state index contributed by atoms with van der Waals surface area (Å²) in [6, 6.07) is 1.82. The van der Waals surface area contributed by atoms with Crippen molar-refractivity contribution < 1.29 is 4.79 Å². The molecule has 154 valence electrons. The van der Waals surface area contributed by atoms with E-state index in [1.165, 1.54) is 19.3 Å². The predicted octanol–water partition coefficient (Wildman–Crippen LogP) is 3.70. The normalized spacial score (nSPS) is 15.2. The second kappa shape index (κ2) is 12.7. The van der Waals surface area contributed by atoms with E-state index in [-0.39, 0.29) is 35.8 Å². The lowest BCUT2D eigenvalue weighted by Gasteiger charge is -2.21. The average molecular weight is 530 g/mol. The van der Waals surface area contributed by atoms with E-state index in [4.69, 9.17) is 23.2 Å². The van der Waals surface area contributed by atoms with Crippen molar-refractivity contribution in [2.24, 2.45) is 18.0 Å². The Morgan fingerprint density at radius 2 is 1.85 bits per heavy atom. The highest BCUT2D eigenvalue weighted by molar-refractivity contribution is 14.0. The number of nitrogens with one attached hydrogen (secondary N) is 3. The molecule has 0 aromatic carbocycles. The number of aromatic nitrogens is 1. The molecule has 9 heteroatoms. The van der Waals surface area contributed by atoms with Crippen LogP contribution < -0.4 is 16.0 Å². The van der Waals surface area contributed by atoms with Gasteiger partial charge in [-0.15, -0.1) is 24.0 Å². The average Bonchev–Trinajstić information content (AvgIpc) is 2.90. The van der Waals surface area contributed by atoms with Crippen LogP contribution in [0.3, 0.4) is 0 Å². The lowest BCUT2D eigenvalue weighted by molar-refractivity contribution is -0.125. The molecule has 0 radical (unpaired) electrons. The molecule has 0 bridgehead atoms. The SMILES string of the molecule is CCNC(=NCc1cc(Cl)c(Cl)n1C)NCCNC(=O)C1CCCCC1.I. The van der Waals surface area contributed by atoms with E-state index in [0.29, 0.717) is 35.8 Å². The zero-order valence-electron chi connectivity index (χ0n) is 16.0. The molecule has 27 heavy (non-hydrogen) atoms. The van der Waals surface area contributed by atoms with E-state index in [2.05, 4.69) is 20.9 Å². The number of carbonyl (C=O) groups is 1. The standard InChI is InChI=1S/C18H29Cl2N5O.HI/c1-3-21-18(24-12-14-11-15(19)16(20)25(14)2)23-10-9-22-17(26)13-7-5-4-6-8-13;/h11,13H,3-10,12H2,1-2H3,(H,22,26)(H2,21,23,24);1H. The van der Waals surface area contributed by atoms with Crippen LogP contribution in [0.1, 0.15) is 44.7 Å². The van der Waals surface area contributed by atoms with Gasteiger partial charge in [0.05, 0.1) is 11.6 Å². The first-order chi connectivity index (χ1) is 12.5. The Morgan fingerprint density at radius 1 is 1.19 bits per heavy atom. The molecular formula is C18H30Cl2IN5O. The molecule has 0 saturated heterocycles. The Kier molecular flexibility index (Phi) is 11.5. The van der Waals surface area contributed by atoms with Crippen molar-refractivity contribution >= 4 is 59.0 Å². The maximum atomic E-state index is 12.1. The minimum atomic E-state index is 0. The van der Waals surface area contributed by atoms with Crippen molar-refractivity contribution in [3.63, 3.8) is 0 Å². The lowest BCUT2D eigenvalue weighted by atomic mass is 9.89. The van der Waals surface area contributed by atoms with E-state index in [9.17, 15) is 4.79 Å². The predicted molar refractivity (Wildman–Crippen MR) is 123 cm³/mol. The second-order valence-electron chi connectivity index (χ2n) is 6.58. The molecule has 1 aliphatic carbocycles. The van der Waals surface area contributed by atoms with Crippen LogP contribution in [0, 0.1) is 5.92 Å². The number of halogens is 3. The van der Waals surface area contributed by atoms with Gasteiger partial charge in [-0.25, -0.2) is 4.99 Å². The van der Waals surface area contributed by atoms with E-state index >= 15 is 0 Å². The van der Waals surface area contributed by atoms with Crippen LogP contribution in [0.2, 0.25) is 10.2 Å². The third kappa shape index (κ3) is 7.69. The van der Waals surface area contributed by atoms with Crippen molar-refractivity contribution in [3.8, 4) is 0 Å². The van der Waals surface area contributed by atoms with Gasteiger partial charge in [-0.3, -0.25) is 4.79 Å². The number of nitrogens with zero attached hydrogens (tertiary/aromatic N) is 2. The number of rotatable bonds is 7. The minimum absolute atomic E-state index is 0. The van der Waals surface area contributed by atoms with Gasteiger partial charge >= 0.3 is 0 Å². The fraction of sp³-hybridized carbons (Fsp3) is 0.667. The zero-order chi connectivity index (χ0) is 18.9. The Morgan fingerprint density at radius 3 is 2.44 bits per heavy atom. The smallest absolute Gasteiger partial charge is 0.223 e. The van der Waals surface area contributed by atoms with Crippen molar-refractivity contribution in [2.45, 2.75) is 45.6 Å². The summed E-state index contributed by atoms with van der Waals surface area (Å²) in [7, 11) is 1.86. The molecule has 0 atom stereocenters. The number of carbonyl (C=O) groups excluding carboxylic acids is 1. The first kappa shape index (κ1) is 24.4. The van der Waals surface area contributed by atoms with Gasteiger partial charge in [0, 0.05) is 38.3 Å². The molecule has 0 aliphatic heterocycles. The number of hydrogen-bond acceptors (Lipinski definition) is 2. The van der Waals surface area contributed by atoms with Gasteiger partial charge in [-0.2, -0.15) is 0 Å². The summed E-state index contributed by atoms with van der Waals surface area (Å²) in [5.74, 6) is 1.08. The quantitative estimate of drug-likeness (QED) is 0.218. The molecule has 1 amide bonds. The Labute approximate surface area is 188 Å². The summed E-state index contributed by atoms with van der Waals surface area (Å²) in [4.78, 5) is 16.7. The van der Waals surface area contributed by atoms with Crippen LogP contribution >= 0.6 is 47.2 Å². The van der Waals surface area contributed by atoms with Crippen LogP contribution in [0.4, 0.5) is 0 Å². The third-order valence-electron chi connectivity index (χ3n) is 4.65. The van der Waals surface area contributed by atoms with Crippen molar-refractivity contribution in [2.75, 3.05) is 19.6 Å². The third-order valence-corrected chi connectivity index (χ3v) is 5.49. The maximum Gasteiger partial charge on any atom is 0.223 e. The zero-order valence-corrected chi connectivity index (χ0v) is 19.8. The van der Waals surface area contributed by atoms with Crippen LogP contribution in [0.25, 0.3) is 0 Å². The van der Waals surface area contributed by atoms with Crippen LogP contribution in [-0.4, -0.2) is 36.1 Å². The van der Waals surface area contributed by atoms with Crippen LogP contribution in [-0.2, 0) is 18.4 Å². The first-order valence-electron chi connectivity index (χ1n) is 9.32. The Bertz CT molecular complexity index is 630. The number of amides is 1. The summed E-state index contributed by atoms with van der Waals surface area (Å²) < 4.78 is 1.82. The van der Waals surface area contributed by atoms with Gasteiger partial charge < -0.3 is 20.5 Å². The van der Waals surface area contributed by atoms with Gasteiger partial charge in [0.25, 0.3) is 0 Å². The lowest BCUT2D eigenvalue weighted by Crippen LogP contribution is -2.42. The Hall–Kier alpha value is -0.670. The highest BCUT2D eigenvalue weighted by Gasteiger charge is 2.20. The van der Waals surface area contributed by atoms with Crippen LogP contribution in [0.5, 0.6) is 0 Å². The molecule has 2 rings (SSSR count). The summed E-state index contributed by atoms with van der Waals surface area (Å²) in [5.41, 5.74) is 0.933. The fourth-order valence-electron chi connectivity index (χ4n) is 3.12. The van der Waals surface area contributed by atoms with Gasteiger partial charge in [-0.1, -0.05) is 42.5 Å².